The van der Waals surface area contributed by atoms with Gasteiger partial charge in [0.2, 0.25) is 0 Å². The van der Waals surface area contributed by atoms with Gasteiger partial charge in [-0.05, 0) is 30.7 Å². The van der Waals surface area contributed by atoms with Crippen LogP contribution in [0.25, 0.3) is 11.4 Å². The number of nitrogens with zero attached hydrogens (tertiary/aromatic N) is 6. The Morgan fingerprint density at radius 3 is 1.48 bits per heavy atom. The molecule has 6 nitrogen and oxygen atoms in total. The Hall–Kier alpha value is -3.28. The number of hydrogen-bond donors (Lipinski definition) is 0. The van der Waals surface area contributed by atoms with E-state index in [-0.39, 0.29) is 0 Å². The largest absolute Gasteiger partial charge is 0.167 e. The third-order valence-electron chi connectivity index (χ3n) is 4.74. The van der Waals surface area contributed by atoms with Gasteiger partial charge in [0.05, 0.1) is 10.4 Å². The molecule has 0 aliphatic carbocycles. The normalized spacial score (nSPS) is 11.0. The SMILES string of the molecule is Cn1n[n+](-c2ccccc2)cc1CCCc1c[n+](-c2ccccc2)nn1C. The summed E-state index contributed by atoms with van der Waals surface area (Å²) in [5, 5.41) is 9.16. The van der Waals surface area contributed by atoms with E-state index in [1.54, 1.807) is 0 Å². The molecule has 2 heterocycles. The summed E-state index contributed by atoms with van der Waals surface area (Å²) in [5.74, 6) is 0. The van der Waals surface area contributed by atoms with Crippen LogP contribution < -0.4 is 9.36 Å². The molecule has 0 saturated heterocycles. The summed E-state index contributed by atoms with van der Waals surface area (Å²) in [7, 11) is 4.00. The number of rotatable bonds is 6. The number of aromatic nitrogens is 6. The molecular weight excluding hydrogens is 336 g/mol. The summed E-state index contributed by atoms with van der Waals surface area (Å²) in [6, 6.07) is 20.4. The van der Waals surface area contributed by atoms with Gasteiger partial charge in [-0.15, -0.1) is 18.7 Å². The molecule has 4 rings (SSSR count). The summed E-state index contributed by atoms with van der Waals surface area (Å²) in [5.41, 5.74) is 4.60. The van der Waals surface area contributed by atoms with E-state index >= 15 is 0 Å². The fourth-order valence-corrected chi connectivity index (χ4v) is 3.22. The molecule has 0 saturated carbocycles. The van der Waals surface area contributed by atoms with Crippen molar-refractivity contribution in [1.82, 2.24) is 19.8 Å². The molecular formula is C21H24N6+2. The molecule has 0 spiro atoms. The van der Waals surface area contributed by atoms with E-state index in [9.17, 15) is 0 Å². The van der Waals surface area contributed by atoms with Crippen molar-refractivity contribution >= 4 is 0 Å². The van der Waals surface area contributed by atoms with Crippen molar-refractivity contribution < 1.29 is 9.36 Å². The van der Waals surface area contributed by atoms with Crippen LogP contribution >= 0.6 is 0 Å². The van der Waals surface area contributed by atoms with Crippen molar-refractivity contribution in [3.05, 3.63) is 84.4 Å². The smallest absolute Gasteiger partial charge is 0.137 e. The molecule has 2 aromatic carbocycles. The Kier molecular flexibility index (Phi) is 4.78. The van der Waals surface area contributed by atoms with Gasteiger partial charge >= 0.3 is 0 Å². The molecule has 6 heteroatoms. The van der Waals surface area contributed by atoms with Crippen LogP contribution in [0.3, 0.4) is 0 Å². The monoisotopic (exact) mass is 360 g/mol. The number of para-hydroxylation sites is 2. The van der Waals surface area contributed by atoms with E-state index in [1.165, 1.54) is 11.4 Å². The van der Waals surface area contributed by atoms with E-state index in [1.807, 2.05) is 69.2 Å². The maximum Gasteiger partial charge on any atom is 0.167 e. The second-order valence-electron chi connectivity index (χ2n) is 6.68. The van der Waals surface area contributed by atoms with Gasteiger partial charge in [-0.2, -0.15) is 0 Å². The van der Waals surface area contributed by atoms with Crippen molar-refractivity contribution in [2.75, 3.05) is 0 Å². The minimum Gasteiger partial charge on any atom is -0.137 e. The molecule has 0 amide bonds. The Balaban J connectivity index is 1.42. The highest BCUT2D eigenvalue weighted by Gasteiger charge is 2.17. The second kappa shape index (κ2) is 7.53. The molecule has 4 aromatic rings. The predicted octanol–water partition coefficient (Wildman–Crippen LogP) is 1.88. The minimum absolute atomic E-state index is 0.972. The molecule has 0 atom stereocenters. The summed E-state index contributed by atoms with van der Waals surface area (Å²) >= 11 is 0. The van der Waals surface area contributed by atoms with Crippen molar-refractivity contribution in [2.45, 2.75) is 19.3 Å². The molecule has 27 heavy (non-hydrogen) atoms. The first-order valence-electron chi connectivity index (χ1n) is 9.21. The third kappa shape index (κ3) is 3.79. The van der Waals surface area contributed by atoms with E-state index in [2.05, 4.69) is 47.1 Å². The zero-order valence-electron chi connectivity index (χ0n) is 15.7. The van der Waals surface area contributed by atoms with Crippen molar-refractivity contribution in [3.8, 4) is 11.4 Å². The average Bonchev–Trinajstić information content (AvgIpc) is 3.26. The van der Waals surface area contributed by atoms with Crippen LogP contribution in [0.4, 0.5) is 0 Å². The lowest BCUT2D eigenvalue weighted by Crippen LogP contribution is -2.32. The molecule has 0 aliphatic heterocycles. The van der Waals surface area contributed by atoms with E-state index in [0.29, 0.717) is 0 Å². The lowest BCUT2D eigenvalue weighted by Gasteiger charge is -1.94. The molecule has 0 N–H and O–H groups in total. The van der Waals surface area contributed by atoms with Crippen LogP contribution in [0.15, 0.2) is 73.1 Å². The number of hydrogen-bond acceptors (Lipinski definition) is 2. The standard InChI is InChI=1S/C21H24N6/c1-24-20(16-26(22-24)18-10-5-3-6-11-18)14-9-15-21-17-27(23-25(21)2)19-12-7-4-8-13-19/h3-8,10-13,16-17H,9,14-15H2,1-2H3/q+2. The summed E-state index contributed by atoms with van der Waals surface area (Å²) in [6.07, 6.45) is 7.22. The first-order chi connectivity index (χ1) is 13.2. The van der Waals surface area contributed by atoms with Gasteiger partial charge in [-0.3, -0.25) is 0 Å². The van der Waals surface area contributed by atoms with Gasteiger partial charge in [0.1, 0.15) is 14.1 Å². The van der Waals surface area contributed by atoms with Gasteiger partial charge in [-0.1, -0.05) is 36.4 Å². The summed E-state index contributed by atoms with van der Waals surface area (Å²) in [4.78, 5) is 0. The van der Waals surface area contributed by atoms with E-state index in [0.717, 1.165) is 30.6 Å². The molecule has 0 bridgehead atoms. The Morgan fingerprint density at radius 1 is 0.667 bits per heavy atom. The van der Waals surface area contributed by atoms with Crippen molar-refractivity contribution in [2.24, 2.45) is 14.1 Å². The molecule has 0 radical (unpaired) electrons. The van der Waals surface area contributed by atoms with E-state index in [4.69, 9.17) is 0 Å². The first kappa shape index (κ1) is 17.1. The van der Waals surface area contributed by atoms with Crippen molar-refractivity contribution in [1.29, 1.82) is 0 Å². The van der Waals surface area contributed by atoms with Crippen LogP contribution in [0.2, 0.25) is 0 Å². The lowest BCUT2D eigenvalue weighted by molar-refractivity contribution is -0.661. The zero-order valence-corrected chi connectivity index (χ0v) is 15.7. The third-order valence-corrected chi connectivity index (χ3v) is 4.74. The Morgan fingerprint density at radius 2 is 1.07 bits per heavy atom. The summed E-state index contributed by atoms with van der Waals surface area (Å²) < 4.78 is 7.78. The predicted molar refractivity (Wildman–Crippen MR) is 102 cm³/mol. The quantitative estimate of drug-likeness (QED) is 0.493. The Labute approximate surface area is 158 Å². The van der Waals surface area contributed by atoms with Gasteiger partial charge in [0, 0.05) is 12.8 Å². The fraction of sp³-hybridized carbons (Fsp3) is 0.238. The van der Waals surface area contributed by atoms with Gasteiger partial charge in [-0.25, -0.2) is 0 Å². The highest BCUT2D eigenvalue weighted by molar-refractivity contribution is 5.21. The van der Waals surface area contributed by atoms with Gasteiger partial charge < -0.3 is 0 Å². The van der Waals surface area contributed by atoms with Crippen LogP contribution in [0, 0.1) is 0 Å². The lowest BCUT2D eigenvalue weighted by atomic mass is 10.1. The van der Waals surface area contributed by atoms with Crippen LogP contribution in [-0.4, -0.2) is 19.8 Å². The van der Waals surface area contributed by atoms with Crippen LogP contribution in [0.1, 0.15) is 17.8 Å². The molecule has 2 aromatic heterocycles. The number of benzene rings is 2. The highest BCUT2D eigenvalue weighted by atomic mass is 15.5. The topological polar surface area (TPSA) is 43.4 Å². The highest BCUT2D eigenvalue weighted by Crippen LogP contribution is 2.07. The first-order valence-corrected chi connectivity index (χ1v) is 9.21. The van der Waals surface area contributed by atoms with Crippen LogP contribution in [-0.2, 0) is 26.9 Å². The van der Waals surface area contributed by atoms with Crippen LogP contribution in [0.5, 0.6) is 0 Å². The zero-order chi connectivity index (χ0) is 18.6. The maximum atomic E-state index is 4.58. The number of aryl methyl sites for hydroxylation is 4. The Bertz CT molecular complexity index is 934. The molecule has 0 aliphatic rings. The average molecular weight is 360 g/mol. The fourth-order valence-electron chi connectivity index (χ4n) is 3.22. The molecule has 136 valence electrons. The minimum atomic E-state index is 0.972. The molecule has 0 fully saturated rings. The van der Waals surface area contributed by atoms with Gasteiger partial charge in [0.25, 0.3) is 0 Å². The maximum absolute atomic E-state index is 4.58. The van der Waals surface area contributed by atoms with Gasteiger partial charge in [0.15, 0.2) is 35.2 Å². The van der Waals surface area contributed by atoms with E-state index < -0.39 is 0 Å². The molecule has 0 unspecified atom stereocenters. The van der Waals surface area contributed by atoms with Crippen molar-refractivity contribution in [3.63, 3.8) is 0 Å². The second-order valence-corrected chi connectivity index (χ2v) is 6.68. The summed E-state index contributed by atoms with van der Waals surface area (Å²) in [6.45, 7) is 0.